The molecule has 0 spiro atoms. The van der Waals surface area contributed by atoms with Crippen LogP contribution < -0.4 is 10.1 Å². The molecule has 0 radical (unpaired) electrons. The van der Waals surface area contributed by atoms with Crippen LogP contribution in [0.4, 0.5) is 5.69 Å². The first kappa shape index (κ1) is 13.7. The van der Waals surface area contributed by atoms with E-state index in [1.165, 1.54) is 24.2 Å². The Morgan fingerprint density at radius 3 is 3.00 bits per heavy atom. The first-order chi connectivity index (χ1) is 9.57. The number of likely N-dealkylation sites (tertiary alicyclic amines) is 1. The Morgan fingerprint density at radius 1 is 1.35 bits per heavy atom. The van der Waals surface area contributed by atoms with Gasteiger partial charge in [-0.1, -0.05) is 12.1 Å². The maximum absolute atomic E-state index is 6.46. The van der Waals surface area contributed by atoms with Gasteiger partial charge in [0.15, 0.2) is 0 Å². The molecule has 2 aliphatic rings. The second-order valence-electron chi connectivity index (χ2n) is 6.69. The van der Waals surface area contributed by atoms with E-state index in [2.05, 4.69) is 49.2 Å². The Labute approximate surface area is 122 Å². The number of hydrogen-bond acceptors (Lipinski definition) is 3. The Kier molecular flexibility index (Phi) is 3.63. The summed E-state index contributed by atoms with van der Waals surface area (Å²) in [5.74, 6) is 1.04. The van der Waals surface area contributed by atoms with Crippen molar-refractivity contribution in [2.75, 3.05) is 25.0 Å². The molecule has 1 atom stereocenters. The summed E-state index contributed by atoms with van der Waals surface area (Å²) in [4.78, 5) is 2.53. The zero-order valence-corrected chi connectivity index (χ0v) is 12.9. The normalized spacial score (nSPS) is 26.4. The van der Waals surface area contributed by atoms with Crippen LogP contribution in [-0.2, 0) is 6.42 Å². The molecule has 0 aromatic heterocycles. The average molecular weight is 274 g/mol. The highest BCUT2D eigenvalue weighted by Crippen LogP contribution is 2.37. The molecule has 0 aliphatic carbocycles. The molecule has 0 bridgehead atoms. The van der Waals surface area contributed by atoms with Crippen molar-refractivity contribution in [2.24, 2.45) is 0 Å². The molecule has 2 heterocycles. The van der Waals surface area contributed by atoms with Crippen molar-refractivity contribution in [1.29, 1.82) is 0 Å². The van der Waals surface area contributed by atoms with Gasteiger partial charge in [0.1, 0.15) is 11.4 Å². The number of ether oxygens (including phenoxy) is 1. The number of nitrogens with zero attached hydrogens (tertiary/aromatic N) is 1. The molecule has 1 fully saturated rings. The zero-order chi connectivity index (χ0) is 14.2. The summed E-state index contributed by atoms with van der Waals surface area (Å²) in [6, 6.07) is 7.02. The lowest BCUT2D eigenvalue weighted by atomic mass is 9.93. The molecule has 1 aromatic carbocycles. The maximum Gasteiger partial charge on any atom is 0.143 e. The lowest BCUT2D eigenvalue weighted by Gasteiger charge is -2.42. The number of piperidine rings is 1. The van der Waals surface area contributed by atoms with E-state index in [1.807, 2.05) is 0 Å². The first-order valence-corrected chi connectivity index (χ1v) is 7.86. The molecule has 1 unspecified atom stereocenters. The van der Waals surface area contributed by atoms with Crippen LogP contribution in [0.3, 0.4) is 0 Å². The summed E-state index contributed by atoms with van der Waals surface area (Å²) in [6.07, 6.45) is 3.47. The lowest BCUT2D eigenvalue weighted by Crippen LogP contribution is -2.51. The SMILES string of the molecule is CC(C)N1CCCC(C)(Oc2cccc3c2NCC3)C1. The minimum absolute atomic E-state index is 0.0675. The molecular weight excluding hydrogens is 248 g/mol. The van der Waals surface area contributed by atoms with Crippen LogP contribution in [0.2, 0.25) is 0 Å². The first-order valence-electron chi connectivity index (χ1n) is 7.86. The fourth-order valence-corrected chi connectivity index (χ4v) is 3.43. The second kappa shape index (κ2) is 5.28. The number of anilines is 1. The average Bonchev–Trinajstić information content (AvgIpc) is 2.88. The van der Waals surface area contributed by atoms with E-state index in [0.29, 0.717) is 6.04 Å². The van der Waals surface area contributed by atoms with Crippen LogP contribution in [-0.4, -0.2) is 36.2 Å². The molecule has 110 valence electrons. The van der Waals surface area contributed by atoms with Crippen LogP contribution in [0.5, 0.6) is 5.75 Å². The van der Waals surface area contributed by atoms with Crippen LogP contribution in [0.15, 0.2) is 18.2 Å². The molecule has 3 heteroatoms. The highest BCUT2D eigenvalue weighted by Gasteiger charge is 2.34. The molecule has 1 aromatic rings. The zero-order valence-electron chi connectivity index (χ0n) is 12.9. The molecule has 20 heavy (non-hydrogen) atoms. The van der Waals surface area contributed by atoms with Crippen LogP contribution in [0.1, 0.15) is 39.2 Å². The predicted molar refractivity (Wildman–Crippen MR) is 83.6 cm³/mol. The molecular formula is C17H26N2O. The predicted octanol–water partition coefficient (Wildman–Crippen LogP) is 3.30. The van der Waals surface area contributed by atoms with Crippen molar-refractivity contribution >= 4 is 5.69 Å². The van der Waals surface area contributed by atoms with Crippen molar-refractivity contribution in [3.8, 4) is 5.75 Å². The van der Waals surface area contributed by atoms with E-state index in [0.717, 1.165) is 31.7 Å². The van der Waals surface area contributed by atoms with E-state index >= 15 is 0 Å². The van der Waals surface area contributed by atoms with Gasteiger partial charge in [-0.2, -0.15) is 0 Å². The van der Waals surface area contributed by atoms with Crippen LogP contribution >= 0.6 is 0 Å². The largest absolute Gasteiger partial charge is 0.484 e. The Balaban J connectivity index is 1.78. The van der Waals surface area contributed by atoms with Gasteiger partial charge in [-0.25, -0.2) is 0 Å². The highest BCUT2D eigenvalue weighted by atomic mass is 16.5. The van der Waals surface area contributed by atoms with E-state index < -0.39 is 0 Å². The summed E-state index contributed by atoms with van der Waals surface area (Å²) < 4.78 is 6.46. The third kappa shape index (κ3) is 2.64. The van der Waals surface area contributed by atoms with Crippen molar-refractivity contribution < 1.29 is 4.74 Å². The van der Waals surface area contributed by atoms with Crippen molar-refractivity contribution in [2.45, 2.75) is 51.7 Å². The van der Waals surface area contributed by atoms with Gasteiger partial charge in [0, 0.05) is 19.1 Å². The fraction of sp³-hybridized carbons (Fsp3) is 0.647. The molecule has 1 N–H and O–H groups in total. The Hall–Kier alpha value is -1.22. The topological polar surface area (TPSA) is 24.5 Å². The third-order valence-corrected chi connectivity index (χ3v) is 4.58. The van der Waals surface area contributed by atoms with Crippen molar-refractivity contribution in [1.82, 2.24) is 4.90 Å². The summed E-state index contributed by atoms with van der Waals surface area (Å²) in [7, 11) is 0. The van der Waals surface area contributed by atoms with Gasteiger partial charge in [0.25, 0.3) is 0 Å². The molecule has 2 aliphatic heterocycles. The molecule has 1 saturated heterocycles. The standard InChI is InChI=1S/C17H26N2O/c1-13(2)19-11-5-9-17(3,12-19)20-15-7-4-6-14-8-10-18-16(14)15/h4,6-7,13,18H,5,8-12H2,1-3H3. The van der Waals surface area contributed by atoms with E-state index in [4.69, 9.17) is 4.74 Å². The van der Waals surface area contributed by atoms with Gasteiger partial charge in [0.05, 0.1) is 5.69 Å². The number of hydrogen-bond donors (Lipinski definition) is 1. The van der Waals surface area contributed by atoms with E-state index in [9.17, 15) is 0 Å². The molecule has 0 saturated carbocycles. The van der Waals surface area contributed by atoms with Gasteiger partial charge >= 0.3 is 0 Å². The molecule has 3 nitrogen and oxygen atoms in total. The van der Waals surface area contributed by atoms with E-state index in [1.54, 1.807) is 0 Å². The van der Waals surface area contributed by atoms with Gasteiger partial charge in [0.2, 0.25) is 0 Å². The van der Waals surface area contributed by atoms with Gasteiger partial charge in [-0.05, 0) is 58.2 Å². The third-order valence-electron chi connectivity index (χ3n) is 4.58. The quantitative estimate of drug-likeness (QED) is 0.915. The highest BCUT2D eigenvalue weighted by molar-refractivity contribution is 5.65. The number of para-hydroxylation sites is 1. The number of nitrogens with one attached hydrogen (secondary N) is 1. The van der Waals surface area contributed by atoms with Gasteiger partial charge in [-0.3, -0.25) is 4.90 Å². The van der Waals surface area contributed by atoms with Crippen molar-refractivity contribution in [3.05, 3.63) is 23.8 Å². The molecule has 3 rings (SSSR count). The lowest BCUT2D eigenvalue weighted by molar-refractivity contribution is -0.00481. The fourth-order valence-electron chi connectivity index (χ4n) is 3.43. The second-order valence-corrected chi connectivity index (χ2v) is 6.69. The Bertz CT molecular complexity index is 486. The van der Waals surface area contributed by atoms with Gasteiger partial charge in [-0.15, -0.1) is 0 Å². The molecule has 0 amide bonds. The summed E-state index contributed by atoms with van der Waals surface area (Å²) in [5.41, 5.74) is 2.54. The van der Waals surface area contributed by atoms with Gasteiger partial charge < -0.3 is 10.1 Å². The van der Waals surface area contributed by atoms with Crippen LogP contribution in [0, 0.1) is 0 Å². The minimum atomic E-state index is -0.0675. The van der Waals surface area contributed by atoms with Crippen molar-refractivity contribution in [3.63, 3.8) is 0 Å². The number of fused-ring (bicyclic) bond motifs is 1. The Morgan fingerprint density at radius 2 is 2.20 bits per heavy atom. The number of benzene rings is 1. The number of rotatable bonds is 3. The maximum atomic E-state index is 6.46. The summed E-state index contributed by atoms with van der Waals surface area (Å²) in [6.45, 7) is 10.1. The summed E-state index contributed by atoms with van der Waals surface area (Å²) in [5, 5.41) is 3.47. The van der Waals surface area contributed by atoms with Crippen LogP contribution in [0.25, 0.3) is 0 Å². The summed E-state index contributed by atoms with van der Waals surface area (Å²) >= 11 is 0. The monoisotopic (exact) mass is 274 g/mol. The minimum Gasteiger partial charge on any atom is -0.484 e. The smallest absolute Gasteiger partial charge is 0.143 e. The van der Waals surface area contributed by atoms with E-state index in [-0.39, 0.29) is 5.60 Å².